The third-order valence-corrected chi connectivity index (χ3v) is 2.73. The molecule has 2 aromatic rings. The molecule has 11 nitrogen and oxygen atoms in total. The second-order valence-corrected chi connectivity index (χ2v) is 7.42. The number of amides is 1. The lowest BCUT2D eigenvalue weighted by Gasteiger charge is -2.02. The average molecular weight is 403 g/mol. The molecule has 0 saturated heterocycles. The SMILES string of the molecule is CC(=O)NC#N.CCOP(C)(C)=O.O=c1cco[nH]1.O=c1ccocc1O. The first-order valence-corrected chi connectivity index (χ1v) is 9.78. The maximum atomic E-state index is 10.6. The van der Waals surface area contributed by atoms with E-state index in [-0.39, 0.29) is 17.2 Å². The summed E-state index contributed by atoms with van der Waals surface area (Å²) in [6.45, 7) is 6.88. The number of rotatable bonds is 2. The van der Waals surface area contributed by atoms with E-state index >= 15 is 0 Å². The van der Waals surface area contributed by atoms with Crippen molar-refractivity contribution in [1.82, 2.24) is 10.5 Å². The van der Waals surface area contributed by atoms with Gasteiger partial charge in [0.25, 0.3) is 5.56 Å². The van der Waals surface area contributed by atoms with Gasteiger partial charge >= 0.3 is 0 Å². The first-order valence-electron chi connectivity index (χ1n) is 7.26. The van der Waals surface area contributed by atoms with Crippen LogP contribution in [0.3, 0.4) is 0 Å². The van der Waals surface area contributed by atoms with E-state index in [2.05, 4.69) is 14.1 Å². The normalized spacial score (nSPS) is 9.00. The molecule has 0 aliphatic carbocycles. The molecule has 1 amide bonds. The monoisotopic (exact) mass is 403 g/mol. The first-order chi connectivity index (χ1) is 12.5. The Hall–Kier alpha value is -3.09. The number of carbonyl (C=O) groups excluding carboxylic acids is 1. The lowest BCUT2D eigenvalue weighted by molar-refractivity contribution is -0.117. The fourth-order valence-electron chi connectivity index (χ4n) is 0.960. The van der Waals surface area contributed by atoms with Crippen molar-refractivity contribution in [1.29, 1.82) is 5.26 Å². The van der Waals surface area contributed by atoms with Crippen LogP contribution < -0.4 is 16.3 Å². The molecule has 12 heteroatoms. The number of nitriles is 1. The van der Waals surface area contributed by atoms with E-state index in [4.69, 9.17) is 14.9 Å². The summed E-state index contributed by atoms with van der Waals surface area (Å²) in [5.74, 6) is -0.676. The molecule has 0 saturated carbocycles. The highest BCUT2D eigenvalue weighted by molar-refractivity contribution is 7.57. The fraction of sp³-hybridized carbons (Fsp3) is 0.333. The molecule has 0 aromatic carbocycles. The van der Waals surface area contributed by atoms with Gasteiger partial charge in [0.1, 0.15) is 12.5 Å². The molecule has 2 aromatic heterocycles. The summed E-state index contributed by atoms with van der Waals surface area (Å²) in [5.41, 5.74) is -0.619. The van der Waals surface area contributed by atoms with Gasteiger partial charge in [0.15, 0.2) is 19.3 Å². The summed E-state index contributed by atoms with van der Waals surface area (Å²) >= 11 is 0. The van der Waals surface area contributed by atoms with Gasteiger partial charge in [-0.3, -0.25) is 24.3 Å². The Balaban J connectivity index is 0. The van der Waals surface area contributed by atoms with Crippen LogP contribution in [0.4, 0.5) is 0 Å². The number of aromatic amines is 1. The van der Waals surface area contributed by atoms with Gasteiger partial charge in [0.05, 0.1) is 12.9 Å². The van der Waals surface area contributed by atoms with Crippen molar-refractivity contribution in [2.45, 2.75) is 13.8 Å². The van der Waals surface area contributed by atoms with Gasteiger partial charge in [-0.15, -0.1) is 0 Å². The van der Waals surface area contributed by atoms with Crippen LogP contribution in [-0.2, 0) is 13.9 Å². The van der Waals surface area contributed by atoms with Crippen LogP contribution in [0.15, 0.2) is 49.5 Å². The molecule has 150 valence electrons. The minimum Gasteiger partial charge on any atom is -0.502 e. The van der Waals surface area contributed by atoms with Gasteiger partial charge < -0.3 is 18.6 Å². The van der Waals surface area contributed by atoms with Gasteiger partial charge in [-0.2, -0.15) is 10.4 Å². The highest BCUT2D eigenvalue weighted by Crippen LogP contribution is 2.36. The van der Waals surface area contributed by atoms with Crippen LogP contribution in [0.1, 0.15) is 13.8 Å². The third-order valence-electron chi connectivity index (χ3n) is 1.85. The highest BCUT2D eigenvalue weighted by Gasteiger charge is 2.02. The van der Waals surface area contributed by atoms with Gasteiger partial charge in [-0.25, -0.2) is 0 Å². The molecule has 0 bridgehead atoms. The molecule has 0 radical (unpaired) electrons. The van der Waals surface area contributed by atoms with Gasteiger partial charge in [-0.05, 0) is 6.92 Å². The van der Waals surface area contributed by atoms with E-state index in [1.54, 1.807) is 13.3 Å². The van der Waals surface area contributed by atoms with Crippen molar-refractivity contribution in [3.63, 3.8) is 0 Å². The summed E-state index contributed by atoms with van der Waals surface area (Å²) in [7, 11) is -2.17. The number of nitrogens with zero attached hydrogens (tertiary/aromatic N) is 1. The third kappa shape index (κ3) is 20.9. The summed E-state index contributed by atoms with van der Waals surface area (Å²) < 4.78 is 24.1. The topological polar surface area (TPSA) is 176 Å². The summed E-state index contributed by atoms with van der Waals surface area (Å²) in [6, 6.07) is 2.45. The Morgan fingerprint density at radius 1 is 1.37 bits per heavy atom. The van der Waals surface area contributed by atoms with Crippen LogP contribution in [0.5, 0.6) is 5.75 Å². The maximum Gasteiger partial charge on any atom is 0.279 e. The van der Waals surface area contributed by atoms with Gasteiger partial charge in [-0.1, -0.05) is 0 Å². The van der Waals surface area contributed by atoms with E-state index in [0.29, 0.717) is 6.61 Å². The zero-order valence-electron chi connectivity index (χ0n) is 15.3. The Kier molecular flexibility index (Phi) is 14.7. The Labute approximate surface area is 155 Å². The molecule has 27 heavy (non-hydrogen) atoms. The Bertz CT molecular complexity index is 826. The largest absolute Gasteiger partial charge is 0.502 e. The zero-order chi connectivity index (χ0) is 21.3. The second-order valence-electron chi connectivity index (χ2n) is 4.66. The molecule has 0 fully saturated rings. The number of aromatic hydroxyl groups is 1. The average Bonchev–Trinajstić information content (AvgIpc) is 3.02. The molecule has 3 N–H and O–H groups in total. The van der Waals surface area contributed by atoms with E-state index in [1.165, 1.54) is 31.7 Å². The summed E-state index contributed by atoms with van der Waals surface area (Å²) in [6.07, 6.45) is 4.96. The molecule has 2 heterocycles. The van der Waals surface area contributed by atoms with E-state index < -0.39 is 12.8 Å². The summed E-state index contributed by atoms with van der Waals surface area (Å²) in [5, 5.41) is 20.1. The van der Waals surface area contributed by atoms with Crippen LogP contribution in [0.25, 0.3) is 0 Å². The van der Waals surface area contributed by atoms with E-state index in [9.17, 15) is 18.9 Å². The van der Waals surface area contributed by atoms with Crippen LogP contribution >= 0.6 is 7.37 Å². The molecule has 0 aliphatic heterocycles. The van der Waals surface area contributed by atoms with Crippen molar-refractivity contribution < 1.29 is 27.9 Å². The zero-order valence-corrected chi connectivity index (χ0v) is 16.2. The summed E-state index contributed by atoms with van der Waals surface area (Å²) in [4.78, 5) is 29.9. The number of H-pyrrole nitrogens is 1. The van der Waals surface area contributed by atoms with Crippen LogP contribution in [-0.4, -0.2) is 36.1 Å². The predicted molar refractivity (Wildman–Crippen MR) is 96.5 cm³/mol. The van der Waals surface area contributed by atoms with Crippen molar-refractivity contribution in [3.8, 4) is 11.9 Å². The molecule has 2 rings (SSSR count). The molecular weight excluding hydrogens is 381 g/mol. The molecular formula is C15H22N3O8P. The van der Waals surface area contributed by atoms with Crippen molar-refractivity contribution in [2.75, 3.05) is 19.9 Å². The predicted octanol–water partition coefficient (Wildman–Crippen LogP) is 1.48. The number of hydrogen-bond acceptors (Lipinski definition) is 9. The molecule has 0 unspecified atom stereocenters. The minimum atomic E-state index is -2.17. The number of nitrogens with one attached hydrogen (secondary N) is 2. The first kappa shape index (κ1) is 26.1. The van der Waals surface area contributed by atoms with E-state index in [1.807, 2.05) is 12.2 Å². The second kappa shape index (κ2) is 15.2. The van der Waals surface area contributed by atoms with E-state index in [0.717, 1.165) is 12.3 Å². The standard InChI is InChI=1S/C5H4O3.C4H11O2P.C3H4N2O.C3H3NO2/c6-4-1-2-8-3-5(4)7;1-4-6-7(2,3)5;1-3(6)5-2-4;5-3-1-2-6-4-3/h1-3,7H;4H2,1-3H3;1H3,(H,5,6);1-2H,(H,4,5). The minimum absolute atomic E-state index is 0.199. The number of hydrogen-bond donors (Lipinski definition) is 3. The number of aromatic nitrogens is 1. The molecule has 0 aliphatic rings. The highest BCUT2D eigenvalue weighted by atomic mass is 31.2. The quantitative estimate of drug-likeness (QED) is 0.381. The Morgan fingerprint density at radius 2 is 2.00 bits per heavy atom. The number of carbonyl (C=O) groups is 1. The fourth-order valence-corrected chi connectivity index (χ4v) is 1.58. The van der Waals surface area contributed by atoms with Gasteiger partial charge in [0.2, 0.25) is 11.3 Å². The van der Waals surface area contributed by atoms with Gasteiger partial charge in [0, 0.05) is 32.4 Å². The van der Waals surface area contributed by atoms with Crippen molar-refractivity contribution in [2.24, 2.45) is 0 Å². The van der Waals surface area contributed by atoms with Crippen molar-refractivity contribution >= 4 is 13.3 Å². The van der Waals surface area contributed by atoms with Crippen LogP contribution in [0.2, 0.25) is 0 Å². The smallest absolute Gasteiger partial charge is 0.279 e. The molecule has 0 atom stereocenters. The van der Waals surface area contributed by atoms with Crippen LogP contribution in [0, 0.1) is 11.5 Å². The van der Waals surface area contributed by atoms with Crippen molar-refractivity contribution in [3.05, 3.63) is 51.5 Å². The lowest BCUT2D eigenvalue weighted by atomic mass is 10.5. The Morgan fingerprint density at radius 3 is 2.15 bits per heavy atom. The lowest BCUT2D eigenvalue weighted by Crippen LogP contribution is -2.11. The molecule has 0 spiro atoms. The maximum absolute atomic E-state index is 10.6.